The molecule has 1 fully saturated rings. The highest BCUT2D eigenvalue weighted by Gasteiger charge is 2.59. The summed E-state index contributed by atoms with van der Waals surface area (Å²) in [5.41, 5.74) is -0.444. The van der Waals surface area contributed by atoms with Gasteiger partial charge in [-0.2, -0.15) is 4.99 Å². The molecule has 4 heteroatoms. The van der Waals surface area contributed by atoms with Crippen molar-refractivity contribution in [3.8, 4) is 0 Å². The van der Waals surface area contributed by atoms with Gasteiger partial charge < -0.3 is 4.74 Å². The summed E-state index contributed by atoms with van der Waals surface area (Å²) >= 11 is 0. The molecule has 0 amide bonds. The van der Waals surface area contributed by atoms with Gasteiger partial charge >= 0.3 is 5.97 Å². The number of esters is 1. The largest absolute Gasteiger partial charge is 0.441 e. The first kappa shape index (κ1) is 10.9. The fourth-order valence-corrected chi connectivity index (χ4v) is 1.64. The van der Waals surface area contributed by atoms with Gasteiger partial charge in [-0.05, 0) is 18.3 Å². The van der Waals surface area contributed by atoms with Gasteiger partial charge in [0.15, 0.2) is 6.73 Å². The molecule has 0 radical (unpaired) electrons. The Morgan fingerprint density at radius 1 is 1.50 bits per heavy atom. The Hall–Kier alpha value is -1.15. The van der Waals surface area contributed by atoms with Crippen molar-refractivity contribution >= 4 is 12.0 Å². The second-order valence-electron chi connectivity index (χ2n) is 4.64. The van der Waals surface area contributed by atoms with Crippen LogP contribution in [0.2, 0.25) is 0 Å². The van der Waals surface area contributed by atoms with Crippen LogP contribution in [0.4, 0.5) is 0 Å². The molecule has 0 saturated heterocycles. The van der Waals surface area contributed by atoms with Crippen molar-refractivity contribution in [3.63, 3.8) is 0 Å². The summed E-state index contributed by atoms with van der Waals surface area (Å²) in [5.74, 6) is -0.246. The van der Waals surface area contributed by atoms with Gasteiger partial charge in [-0.3, -0.25) is 4.79 Å². The Bertz CT molecular complexity index is 280. The topological polar surface area (TPSA) is 55.7 Å². The van der Waals surface area contributed by atoms with Crippen LogP contribution in [-0.2, 0) is 14.3 Å². The van der Waals surface area contributed by atoms with Crippen LogP contribution in [-0.4, -0.2) is 18.8 Å². The van der Waals surface area contributed by atoms with Gasteiger partial charge in [-0.15, -0.1) is 0 Å². The van der Waals surface area contributed by atoms with Crippen molar-refractivity contribution in [2.24, 2.45) is 15.8 Å². The molecule has 0 aromatic heterocycles. The average Bonchev–Trinajstić information content (AvgIpc) is 2.82. The Labute approximate surface area is 83.3 Å². The molecule has 0 spiro atoms. The summed E-state index contributed by atoms with van der Waals surface area (Å²) in [6.07, 6.45) is 3.05. The summed E-state index contributed by atoms with van der Waals surface area (Å²) in [7, 11) is 0. The molecule has 14 heavy (non-hydrogen) atoms. The molecule has 0 atom stereocenters. The van der Waals surface area contributed by atoms with Gasteiger partial charge in [0.1, 0.15) is 0 Å². The van der Waals surface area contributed by atoms with Gasteiger partial charge in [-0.25, -0.2) is 4.79 Å². The number of nitrogens with zero attached hydrogens (tertiary/aromatic N) is 1. The van der Waals surface area contributed by atoms with E-state index in [0.717, 1.165) is 12.8 Å². The van der Waals surface area contributed by atoms with Crippen molar-refractivity contribution in [3.05, 3.63) is 0 Å². The first-order valence-corrected chi connectivity index (χ1v) is 4.65. The lowest BCUT2D eigenvalue weighted by Crippen LogP contribution is -2.32. The molecule has 78 valence electrons. The second-order valence-corrected chi connectivity index (χ2v) is 4.64. The van der Waals surface area contributed by atoms with E-state index in [1.807, 2.05) is 20.8 Å². The second kappa shape index (κ2) is 3.54. The lowest BCUT2D eigenvalue weighted by molar-refractivity contribution is -0.154. The van der Waals surface area contributed by atoms with E-state index in [0.29, 0.717) is 0 Å². The molecule has 0 bridgehead atoms. The monoisotopic (exact) mass is 197 g/mol. The normalized spacial score (nSPS) is 18.2. The third-order valence-corrected chi connectivity index (χ3v) is 2.90. The number of aliphatic imine (C=N–C) groups is 1. The molecule has 1 saturated carbocycles. The Balaban J connectivity index is 2.57. The highest BCUT2D eigenvalue weighted by atomic mass is 16.5. The van der Waals surface area contributed by atoms with E-state index < -0.39 is 0 Å². The van der Waals surface area contributed by atoms with Crippen molar-refractivity contribution in [1.82, 2.24) is 0 Å². The molecule has 1 rings (SSSR count). The summed E-state index contributed by atoms with van der Waals surface area (Å²) in [5, 5.41) is 0. The fourth-order valence-electron chi connectivity index (χ4n) is 1.64. The maximum absolute atomic E-state index is 11.6. The van der Waals surface area contributed by atoms with Crippen LogP contribution in [0.1, 0.15) is 33.6 Å². The molecule has 1 aliphatic rings. The predicted molar refractivity (Wildman–Crippen MR) is 50.2 cm³/mol. The van der Waals surface area contributed by atoms with Gasteiger partial charge in [0.05, 0.1) is 5.41 Å². The van der Waals surface area contributed by atoms with Crippen LogP contribution in [0, 0.1) is 10.8 Å². The first-order valence-electron chi connectivity index (χ1n) is 4.65. The number of hydrogen-bond donors (Lipinski definition) is 0. The van der Waals surface area contributed by atoms with Crippen molar-refractivity contribution in [2.75, 3.05) is 6.73 Å². The van der Waals surface area contributed by atoms with Gasteiger partial charge in [0.2, 0.25) is 6.08 Å². The van der Waals surface area contributed by atoms with E-state index >= 15 is 0 Å². The third-order valence-electron chi connectivity index (χ3n) is 2.90. The minimum absolute atomic E-state index is 0.0883. The van der Waals surface area contributed by atoms with Crippen molar-refractivity contribution in [2.45, 2.75) is 33.6 Å². The molecule has 1 aliphatic carbocycles. The van der Waals surface area contributed by atoms with E-state index in [2.05, 4.69) is 4.99 Å². The van der Waals surface area contributed by atoms with Crippen LogP contribution in [0.5, 0.6) is 0 Å². The van der Waals surface area contributed by atoms with E-state index in [4.69, 9.17) is 4.74 Å². The molecular formula is C10H15NO3. The number of isocyanates is 1. The number of carbonyl (C=O) groups excluding carboxylic acids is 2. The number of rotatable bonds is 3. The Kier molecular flexibility index (Phi) is 2.76. The molecular weight excluding hydrogens is 182 g/mol. The molecule has 0 aromatic rings. The molecule has 0 heterocycles. The standard InChI is InChI=1S/C10H15NO3/c1-9(2,3)10(4-5-10)8(13)14-7-11-6-12/h4-5,7H2,1-3H3. The highest BCUT2D eigenvalue weighted by Crippen LogP contribution is 2.59. The molecule has 0 aromatic carbocycles. The Morgan fingerprint density at radius 3 is 2.43 bits per heavy atom. The number of ether oxygens (including phenoxy) is 1. The van der Waals surface area contributed by atoms with E-state index in [-0.39, 0.29) is 23.5 Å². The van der Waals surface area contributed by atoms with Crippen LogP contribution in [0.25, 0.3) is 0 Å². The zero-order valence-corrected chi connectivity index (χ0v) is 8.79. The van der Waals surface area contributed by atoms with Crippen molar-refractivity contribution in [1.29, 1.82) is 0 Å². The molecule has 0 aliphatic heterocycles. The highest BCUT2D eigenvalue weighted by molar-refractivity contribution is 5.80. The Morgan fingerprint density at radius 2 is 2.07 bits per heavy atom. The number of carbonyl (C=O) groups is 1. The summed E-state index contributed by atoms with van der Waals surface area (Å²) in [6.45, 7) is 5.85. The smallest absolute Gasteiger partial charge is 0.314 e. The lowest BCUT2D eigenvalue weighted by Gasteiger charge is -2.28. The van der Waals surface area contributed by atoms with Crippen LogP contribution in [0.15, 0.2) is 4.99 Å². The lowest BCUT2D eigenvalue weighted by atomic mass is 9.77. The molecule has 4 nitrogen and oxygen atoms in total. The van der Waals surface area contributed by atoms with E-state index in [1.54, 1.807) is 0 Å². The van der Waals surface area contributed by atoms with Gasteiger partial charge in [0.25, 0.3) is 0 Å². The zero-order valence-electron chi connectivity index (χ0n) is 8.79. The van der Waals surface area contributed by atoms with Crippen LogP contribution >= 0.6 is 0 Å². The van der Waals surface area contributed by atoms with Gasteiger partial charge in [-0.1, -0.05) is 20.8 Å². The van der Waals surface area contributed by atoms with Crippen LogP contribution in [0.3, 0.4) is 0 Å². The number of hydrogen-bond acceptors (Lipinski definition) is 4. The maximum Gasteiger partial charge on any atom is 0.314 e. The minimum atomic E-state index is -0.356. The quantitative estimate of drug-likeness (QED) is 0.392. The minimum Gasteiger partial charge on any atom is -0.441 e. The van der Waals surface area contributed by atoms with E-state index in [9.17, 15) is 9.59 Å². The summed E-state index contributed by atoms with van der Waals surface area (Å²) in [6, 6.07) is 0. The zero-order chi connectivity index (χ0) is 10.8. The predicted octanol–water partition coefficient (Wildman–Crippen LogP) is 1.65. The third kappa shape index (κ3) is 1.85. The fraction of sp³-hybridized carbons (Fsp3) is 0.800. The van der Waals surface area contributed by atoms with Gasteiger partial charge in [0, 0.05) is 0 Å². The molecule has 0 N–H and O–H groups in total. The average molecular weight is 197 g/mol. The SMILES string of the molecule is CC(C)(C)C1(C(=O)OCN=C=O)CC1. The van der Waals surface area contributed by atoms with Crippen LogP contribution < -0.4 is 0 Å². The summed E-state index contributed by atoms with van der Waals surface area (Å²) < 4.78 is 4.87. The van der Waals surface area contributed by atoms with Crippen molar-refractivity contribution < 1.29 is 14.3 Å². The maximum atomic E-state index is 11.6. The van der Waals surface area contributed by atoms with E-state index in [1.165, 1.54) is 6.08 Å². The summed E-state index contributed by atoms with van der Waals surface area (Å²) in [4.78, 5) is 24.6. The first-order chi connectivity index (χ1) is 6.44. The molecule has 0 unspecified atom stereocenters.